The van der Waals surface area contributed by atoms with Crippen LogP contribution in [-0.2, 0) is 9.47 Å². The van der Waals surface area contributed by atoms with Crippen molar-refractivity contribution in [3.63, 3.8) is 0 Å². The van der Waals surface area contributed by atoms with Crippen LogP contribution in [0.5, 0.6) is 0 Å². The molecule has 1 rings (SSSR count). The molecule has 0 aromatic rings. The molecule has 0 spiro atoms. The first-order valence-corrected chi connectivity index (χ1v) is 5.44. The van der Waals surface area contributed by atoms with Crippen molar-refractivity contribution in [2.24, 2.45) is 0 Å². The minimum atomic E-state index is 0.352. The maximum atomic E-state index is 5.70. The fourth-order valence-corrected chi connectivity index (χ4v) is 1.54. The van der Waals surface area contributed by atoms with Crippen molar-refractivity contribution in [1.29, 1.82) is 0 Å². The third-order valence-corrected chi connectivity index (χ3v) is 2.95. The molecule has 0 radical (unpaired) electrons. The zero-order valence-electron chi connectivity index (χ0n) is 6.88. The highest BCUT2D eigenvalue weighted by molar-refractivity contribution is 14.1. The summed E-state index contributed by atoms with van der Waals surface area (Å²) in [7, 11) is 0. The largest absolute Gasteiger partial charge is 0.379 e. The van der Waals surface area contributed by atoms with Gasteiger partial charge in [-0.15, -0.1) is 0 Å². The molecule has 1 saturated heterocycles. The Labute approximate surface area is 81.8 Å². The standard InChI is InChI=1S/C8H15IO2/c1-2-8(9)11-7-4-3-5-10-6-7/h7-8H,2-6H2,1H3. The SMILES string of the molecule is CCC(I)OC1CCCOC1. The first-order valence-electron chi connectivity index (χ1n) is 4.20. The van der Waals surface area contributed by atoms with Crippen LogP contribution < -0.4 is 0 Å². The average Bonchev–Trinajstić information content (AvgIpc) is 2.06. The Balaban J connectivity index is 2.13. The Morgan fingerprint density at radius 1 is 1.73 bits per heavy atom. The van der Waals surface area contributed by atoms with E-state index in [4.69, 9.17) is 9.47 Å². The van der Waals surface area contributed by atoms with Crippen molar-refractivity contribution < 1.29 is 9.47 Å². The summed E-state index contributed by atoms with van der Waals surface area (Å²) in [6, 6.07) is 0. The highest BCUT2D eigenvalue weighted by Gasteiger charge is 2.16. The van der Waals surface area contributed by atoms with Crippen LogP contribution in [0.2, 0.25) is 0 Å². The van der Waals surface area contributed by atoms with Gasteiger partial charge in [-0.2, -0.15) is 0 Å². The zero-order valence-corrected chi connectivity index (χ0v) is 9.04. The lowest BCUT2D eigenvalue weighted by Gasteiger charge is -2.24. The Morgan fingerprint density at radius 3 is 3.09 bits per heavy atom. The molecule has 0 aromatic carbocycles. The van der Waals surface area contributed by atoms with Crippen LogP contribution >= 0.6 is 22.6 Å². The van der Waals surface area contributed by atoms with Crippen LogP contribution in [0.15, 0.2) is 0 Å². The molecule has 2 atom stereocenters. The third-order valence-electron chi connectivity index (χ3n) is 1.78. The molecule has 1 heterocycles. The quantitative estimate of drug-likeness (QED) is 0.579. The molecule has 11 heavy (non-hydrogen) atoms. The average molecular weight is 270 g/mol. The van der Waals surface area contributed by atoms with Crippen LogP contribution in [0.4, 0.5) is 0 Å². The first kappa shape index (κ1) is 9.74. The van der Waals surface area contributed by atoms with E-state index in [2.05, 4.69) is 29.5 Å². The minimum Gasteiger partial charge on any atom is -0.379 e. The number of ether oxygens (including phenoxy) is 2. The van der Waals surface area contributed by atoms with Crippen molar-refractivity contribution in [1.82, 2.24) is 0 Å². The van der Waals surface area contributed by atoms with Crippen LogP contribution in [-0.4, -0.2) is 23.4 Å². The van der Waals surface area contributed by atoms with E-state index in [0.29, 0.717) is 10.2 Å². The van der Waals surface area contributed by atoms with E-state index in [-0.39, 0.29) is 0 Å². The summed E-state index contributed by atoms with van der Waals surface area (Å²) in [6.07, 6.45) is 3.75. The fourth-order valence-electron chi connectivity index (χ4n) is 1.12. The predicted octanol–water partition coefficient (Wildman–Crippen LogP) is 2.35. The lowest BCUT2D eigenvalue weighted by Crippen LogP contribution is -2.27. The van der Waals surface area contributed by atoms with Crippen LogP contribution in [0, 0.1) is 0 Å². The first-order chi connectivity index (χ1) is 5.33. The molecule has 66 valence electrons. The Bertz CT molecular complexity index is 102. The molecular formula is C8H15IO2. The number of halogens is 1. The van der Waals surface area contributed by atoms with Crippen LogP contribution in [0.3, 0.4) is 0 Å². The molecule has 0 saturated carbocycles. The molecule has 0 aromatic heterocycles. The van der Waals surface area contributed by atoms with Crippen molar-refractivity contribution in [2.45, 2.75) is 36.4 Å². The van der Waals surface area contributed by atoms with Gasteiger partial charge in [0.05, 0.1) is 12.7 Å². The number of hydrogen-bond donors (Lipinski definition) is 0. The van der Waals surface area contributed by atoms with E-state index in [1.807, 2.05) is 0 Å². The van der Waals surface area contributed by atoms with E-state index < -0.39 is 0 Å². The molecular weight excluding hydrogens is 255 g/mol. The van der Waals surface area contributed by atoms with Gasteiger partial charge < -0.3 is 9.47 Å². The highest BCUT2D eigenvalue weighted by Crippen LogP contribution is 2.16. The monoisotopic (exact) mass is 270 g/mol. The van der Waals surface area contributed by atoms with E-state index >= 15 is 0 Å². The van der Waals surface area contributed by atoms with Crippen LogP contribution in [0.25, 0.3) is 0 Å². The van der Waals surface area contributed by atoms with Crippen LogP contribution in [0.1, 0.15) is 26.2 Å². The third kappa shape index (κ3) is 3.71. The predicted molar refractivity (Wildman–Crippen MR) is 53.0 cm³/mol. The van der Waals surface area contributed by atoms with E-state index in [1.54, 1.807) is 0 Å². The zero-order chi connectivity index (χ0) is 8.10. The summed E-state index contributed by atoms with van der Waals surface area (Å²) in [6.45, 7) is 3.85. The Hall–Kier alpha value is 0.650. The summed E-state index contributed by atoms with van der Waals surface area (Å²) in [5.41, 5.74) is 0. The maximum Gasteiger partial charge on any atom is 0.109 e. The molecule has 0 amide bonds. The molecule has 0 bridgehead atoms. The second-order valence-electron chi connectivity index (χ2n) is 2.79. The number of rotatable bonds is 3. The minimum absolute atomic E-state index is 0.352. The summed E-state index contributed by atoms with van der Waals surface area (Å²) in [4.78, 5) is 0. The molecule has 0 N–H and O–H groups in total. The second kappa shape index (κ2) is 5.32. The Kier molecular flexibility index (Phi) is 4.71. The summed E-state index contributed by atoms with van der Waals surface area (Å²) >= 11 is 2.33. The summed E-state index contributed by atoms with van der Waals surface area (Å²) < 4.78 is 11.4. The Morgan fingerprint density at radius 2 is 2.55 bits per heavy atom. The molecule has 2 unspecified atom stereocenters. The lowest BCUT2D eigenvalue weighted by atomic mass is 10.2. The van der Waals surface area contributed by atoms with Gasteiger partial charge in [-0.25, -0.2) is 0 Å². The number of alkyl halides is 1. The van der Waals surface area contributed by atoms with Crippen molar-refractivity contribution in [3.8, 4) is 0 Å². The number of hydrogen-bond acceptors (Lipinski definition) is 2. The molecule has 1 fully saturated rings. The van der Waals surface area contributed by atoms with Gasteiger partial charge in [-0.1, -0.05) is 29.5 Å². The van der Waals surface area contributed by atoms with Gasteiger partial charge in [0, 0.05) is 6.61 Å². The molecule has 0 aliphatic carbocycles. The van der Waals surface area contributed by atoms with Gasteiger partial charge in [0.15, 0.2) is 0 Å². The van der Waals surface area contributed by atoms with Gasteiger partial charge in [0.25, 0.3) is 0 Å². The fraction of sp³-hybridized carbons (Fsp3) is 1.00. The molecule has 1 aliphatic heterocycles. The van der Waals surface area contributed by atoms with Crippen molar-refractivity contribution >= 4 is 22.6 Å². The molecule has 2 nitrogen and oxygen atoms in total. The smallest absolute Gasteiger partial charge is 0.109 e. The second-order valence-corrected chi connectivity index (χ2v) is 4.18. The van der Waals surface area contributed by atoms with E-state index in [0.717, 1.165) is 26.1 Å². The van der Waals surface area contributed by atoms with Gasteiger partial charge in [0.1, 0.15) is 4.11 Å². The van der Waals surface area contributed by atoms with Gasteiger partial charge in [-0.05, 0) is 19.3 Å². The molecule has 1 aliphatic rings. The van der Waals surface area contributed by atoms with Gasteiger partial charge in [0.2, 0.25) is 0 Å². The normalized spacial score (nSPS) is 28.4. The topological polar surface area (TPSA) is 18.5 Å². The van der Waals surface area contributed by atoms with Crippen molar-refractivity contribution in [2.75, 3.05) is 13.2 Å². The van der Waals surface area contributed by atoms with Crippen molar-refractivity contribution in [3.05, 3.63) is 0 Å². The summed E-state index contributed by atoms with van der Waals surface area (Å²) in [5.74, 6) is 0. The lowest BCUT2D eigenvalue weighted by molar-refractivity contribution is -0.0550. The van der Waals surface area contributed by atoms with Gasteiger partial charge >= 0.3 is 0 Å². The maximum absolute atomic E-state index is 5.70. The van der Waals surface area contributed by atoms with E-state index in [1.165, 1.54) is 6.42 Å². The summed E-state index contributed by atoms with van der Waals surface area (Å²) in [5, 5.41) is 0. The van der Waals surface area contributed by atoms with E-state index in [9.17, 15) is 0 Å². The highest BCUT2D eigenvalue weighted by atomic mass is 127. The van der Waals surface area contributed by atoms with Gasteiger partial charge in [-0.3, -0.25) is 0 Å². The molecule has 3 heteroatoms.